The molecule has 50 heavy (non-hydrogen) atoms. The van der Waals surface area contributed by atoms with Crippen LogP contribution in [0.1, 0.15) is 136 Å². The first-order valence-electron chi connectivity index (χ1n) is 18.7. The Morgan fingerprint density at radius 3 is 1.36 bits per heavy atom. The summed E-state index contributed by atoms with van der Waals surface area (Å²) in [6.45, 7) is 1.95. The zero-order chi connectivity index (χ0) is 37.0. The molecule has 288 valence electrons. The summed E-state index contributed by atoms with van der Waals surface area (Å²) >= 11 is 0. The average Bonchev–Trinajstić information content (AvgIpc) is 3.10. The maximum atomic E-state index is 12.3. The number of aliphatic hydroxyl groups is 2. The van der Waals surface area contributed by atoms with E-state index in [1.165, 1.54) is 51.4 Å². The summed E-state index contributed by atoms with van der Waals surface area (Å²) in [6, 6.07) is 0. The number of carbonyl (C=O) groups excluding carboxylic acids is 2. The van der Waals surface area contributed by atoms with Crippen molar-refractivity contribution in [2.75, 3.05) is 26.4 Å². The van der Waals surface area contributed by atoms with Crippen molar-refractivity contribution < 1.29 is 47.8 Å². The SMILES string of the molecule is CC/C=C\C/C=C\C/C=C\C/C=C\C/C=C\CC(=O)OC(CO)COP(=O)(O)OCC(CO)OC(=O)CCCCCCCCCCCCCC. The zero-order valence-electron chi connectivity index (χ0n) is 30.8. The molecule has 0 fully saturated rings. The number of hydrogen-bond acceptors (Lipinski definition) is 9. The molecule has 0 aromatic rings. The van der Waals surface area contributed by atoms with Crippen LogP contribution in [0.2, 0.25) is 0 Å². The van der Waals surface area contributed by atoms with E-state index in [1.54, 1.807) is 6.08 Å². The molecule has 0 amide bonds. The summed E-state index contributed by atoms with van der Waals surface area (Å²) < 4.78 is 32.3. The van der Waals surface area contributed by atoms with E-state index < -0.39 is 58.4 Å². The molecule has 0 rings (SSSR count). The third-order valence-electron chi connectivity index (χ3n) is 7.53. The summed E-state index contributed by atoms with van der Waals surface area (Å²) in [5.41, 5.74) is 0. The van der Waals surface area contributed by atoms with E-state index in [2.05, 4.69) is 50.3 Å². The summed E-state index contributed by atoms with van der Waals surface area (Å²) in [5, 5.41) is 19.0. The fourth-order valence-corrected chi connectivity index (χ4v) is 5.44. The lowest BCUT2D eigenvalue weighted by Gasteiger charge is -2.20. The van der Waals surface area contributed by atoms with Gasteiger partial charge in [0.25, 0.3) is 0 Å². The zero-order valence-corrected chi connectivity index (χ0v) is 31.7. The molecule has 0 aromatic carbocycles. The van der Waals surface area contributed by atoms with E-state index in [0.717, 1.165) is 44.9 Å². The quantitative estimate of drug-likeness (QED) is 0.0254. The van der Waals surface area contributed by atoms with Crippen LogP contribution >= 0.6 is 7.82 Å². The maximum Gasteiger partial charge on any atom is 0.472 e. The van der Waals surface area contributed by atoms with Crippen LogP contribution in [0.4, 0.5) is 0 Å². The Morgan fingerprint density at radius 1 is 0.560 bits per heavy atom. The highest BCUT2D eigenvalue weighted by molar-refractivity contribution is 7.47. The van der Waals surface area contributed by atoms with Crippen LogP contribution in [0, 0.1) is 0 Å². The Labute approximate surface area is 302 Å². The van der Waals surface area contributed by atoms with Gasteiger partial charge in [-0.05, 0) is 38.5 Å². The van der Waals surface area contributed by atoms with Crippen molar-refractivity contribution in [3.05, 3.63) is 60.8 Å². The monoisotopic (exact) mass is 726 g/mol. The molecule has 0 saturated heterocycles. The molecule has 3 atom stereocenters. The molecule has 0 aliphatic carbocycles. The number of unbranched alkanes of at least 4 members (excludes halogenated alkanes) is 11. The summed E-state index contributed by atoms with van der Waals surface area (Å²) in [5.74, 6) is -1.16. The van der Waals surface area contributed by atoms with Crippen LogP contribution in [-0.2, 0) is 32.7 Å². The number of carbonyl (C=O) groups is 2. The van der Waals surface area contributed by atoms with Crippen molar-refractivity contribution in [2.45, 2.75) is 148 Å². The lowest BCUT2D eigenvalue weighted by molar-refractivity contribution is -0.153. The normalized spacial score (nSPS) is 14.7. The number of phosphoric acid groups is 1. The van der Waals surface area contributed by atoms with Crippen molar-refractivity contribution in [1.29, 1.82) is 0 Å². The van der Waals surface area contributed by atoms with Gasteiger partial charge in [0.05, 0.1) is 32.8 Å². The Bertz CT molecular complexity index is 1020. The van der Waals surface area contributed by atoms with Crippen molar-refractivity contribution in [3.63, 3.8) is 0 Å². The van der Waals surface area contributed by atoms with Gasteiger partial charge in [0, 0.05) is 6.42 Å². The van der Waals surface area contributed by atoms with Gasteiger partial charge in [-0.25, -0.2) is 4.57 Å². The second kappa shape index (κ2) is 35.1. The topological polar surface area (TPSA) is 149 Å². The number of phosphoric ester groups is 1. The molecule has 0 aromatic heterocycles. The number of aliphatic hydroxyl groups excluding tert-OH is 2. The Kier molecular flexibility index (Phi) is 33.5. The van der Waals surface area contributed by atoms with Crippen LogP contribution in [0.3, 0.4) is 0 Å². The minimum Gasteiger partial charge on any atom is -0.457 e. The highest BCUT2D eigenvalue weighted by Crippen LogP contribution is 2.43. The fraction of sp³-hybridized carbons (Fsp3) is 0.692. The Balaban J connectivity index is 4.12. The molecular formula is C39H67O10P. The molecule has 10 nitrogen and oxygen atoms in total. The molecule has 0 aliphatic rings. The third kappa shape index (κ3) is 32.9. The van der Waals surface area contributed by atoms with Crippen molar-refractivity contribution in [2.24, 2.45) is 0 Å². The molecule has 3 unspecified atom stereocenters. The molecule has 0 spiro atoms. The first-order valence-corrected chi connectivity index (χ1v) is 20.2. The number of rotatable bonds is 34. The van der Waals surface area contributed by atoms with E-state index in [4.69, 9.17) is 18.5 Å². The van der Waals surface area contributed by atoms with E-state index in [-0.39, 0.29) is 12.8 Å². The van der Waals surface area contributed by atoms with Gasteiger partial charge in [-0.15, -0.1) is 0 Å². The minimum atomic E-state index is -4.65. The van der Waals surface area contributed by atoms with Gasteiger partial charge in [0.2, 0.25) is 0 Å². The van der Waals surface area contributed by atoms with Gasteiger partial charge in [-0.1, -0.05) is 145 Å². The number of esters is 2. The smallest absolute Gasteiger partial charge is 0.457 e. The second-order valence-corrected chi connectivity index (χ2v) is 13.7. The van der Waals surface area contributed by atoms with Crippen LogP contribution < -0.4 is 0 Å². The summed E-state index contributed by atoms with van der Waals surface area (Å²) in [4.78, 5) is 34.3. The van der Waals surface area contributed by atoms with Crippen LogP contribution in [-0.4, -0.2) is 65.7 Å². The summed E-state index contributed by atoms with van der Waals surface area (Å²) in [7, 11) is -4.65. The Hall–Kier alpha value is -2.33. The molecule has 0 heterocycles. The van der Waals surface area contributed by atoms with Gasteiger partial charge in [-0.3, -0.25) is 18.6 Å². The fourth-order valence-electron chi connectivity index (χ4n) is 4.66. The van der Waals surface area contributed by atoms with E-state index >= 15 is 0 Å². The molecule has 0 radical (unpaired) electrons. The predicted octanol–water partition coefficient (Wildman–Crippen LogP) is 9.16. The first kappa shape index (κ1) is 47.7. The molecule has 0 aliphatic heterocycles. The van der Waals surface area contributed by atoms with E-state index in [9.17, 15) is 29.3 Å². The van der Waals surface area contributed by atoms with Gasteiger partial charge in [0.1, 0.15) is 12.2 Å². The minimum absolute atomic E-state index is 0.0416. The van der Waals surface area contributed by atoms with Gasteiger partial charge in [0.15, 0.2) is 0 Å². The first-order chi connectivity index (χ1) is 24.3. The van der Waals surface area contributed by atoms with E-state index in [0.29, 0.717) is 12.8 Å². The number of hydrogen-bond donors (Lipinski definition) is 3. The van der Waals surface area contributed by atoms with E-state index in [1.807, 2.05) is 18.2 Å². The lowest BCUT2D eigenvalue weighted by Crippen LogP contribution is -2.28. The van der Waals surface area contributed by atoms with Crippen LogP contribution in [0.25, 0.3) is 0 Å². The average molecular weight is 727 g/mol. The molecular weight excluding hydrogens is 659 g/mol. The molecule has 0 bridgehead atoms. The van der Waals surface area contributed by atoms with Gasteiger partial charge in [-0.2, -0.15) is 0 Å². The molecule has 0 saturated carbocycles. The number of ether oxygens (including phenoxy) is 2. The molecule has 11 heteroatoms. The predicted molar refractivity (Wildman–Crippen MR) is 200 cm³/mol. The summed E-state index contributed by atoms with van der Waals surface area (Å²) in [6.07, 6.45) is 36.6. The lowest BCUT2D eigenvalue weighted by atomic mass is 10.0. The highest BCUT2D eigenvalue weighted by atomic mass is 31.2. The van der Waals surface area contributed by atoms with Gasteiger partial charge < -0.3 is 24.6 Å². The van der Waals surface area contributed by atoms with Gasteiger partial charge >= 0.3 is 19.8 Å². The van der Waals surface area contributed by atoms with Crippen LogP contribution in [0.5, 0.6) is 0 Å². The van der Waals surface area contributed by atoms with Crippen molar-refractivity contribution >= 4 is 19.8 Å². The van der Waals surface area contributed by atoms with Crippen molar-refractivity contribution in [1.82, 2.24) is 0 Å². The molecule has 3 N–H and O–H groups in total. The third-order valence-corrected chi connectivity index (χ3v) is 8.48. The number of allylic oxidation sites excluding steroid dienone is 9. The van der Waals surface area contributed by atoms with Crippen LogP contribution in [0.15, 0.2) is 60.8 Å². The van der Waals surface area contributed by atoms with Crippen molar-refractivity contribution in [3.8, 4) is 0 Å². The Morgan fingerprint density at radius 2 is 0.940 bits per heavy atom. The standard InChI is InChI=1S/C39H67O10P/c1-3-5-7-9-11-13-15-17-18-19-21-23-25-27-29-31-39(43)49-37(33-41)35-47-50(44,45)46-34-36(32-40)48-38(42)30-28-26-24-22-20-16-14-12-10-8-6-4-2/h5,7,11,13,17-18,21,23,27,29,36-37,40-41H,3-4,6,8-10,12,14-16,19-20,22,24-26,28,30-35H2,1-2H3,(H,44,45)/b7-5-,13-11-,18-17-,23-21-,29-27-. The second-order valence-electron chi connectivity index (χ2n) is 12.2. The maximum absolute atomic E-state index is 12.3. The highest BCUT2D eigenvalue weighted by Gasteiger charge is 2.27. The largest absolute Gasteiger partial charge is 0.472 e.